The van der Waals surface area contributed by atoms with Crippen molar-refractivity contribution >= 4 is 0 Å². The molecule has 2 aromatic carbocycles. The van der Waals surface area contributed by atoms with Gasteiger partial charge in [0.05, 0.1) is 11.6 Å². The monoisotopic (exact) mass is 388 g/mol. The van der Waals surface area contributed by atoms with E-state index in [4.69, 9.17) is 0 Å². The summed E-state index contributed by atoms with van der Waals surface area (Å²) in [5.74, 6) is -2.80. The van der Waals surface area contributed by atoms with Gasteiger partial charge in [0.15, 0.2) is 0 Å². The highest BCUT2D eigenvalue weighted by molar-refractivity contribution is 5.43. The lowest BCUT2D eigenvalue weighted by Crippen LogP contribution is -2.45. The topological polar surface area (TPSA) is 44.7 Å². The smallest absolute Gasteiger partial charge is 0.507 e. The van der Waals surface area contributed by atoms with Crippen LogP contribution in [-0.2, 0) is 0 Å². The predicted octanol–water partition coefficient (Wildman–Crippen LogP) is 3.56. The second-order valence-corrected chi connectivity index (χ2v) is 6.13. The lowest BCUT2D eigenvalue weighted by molar-refractivity contribution is -0.274. The van der Waals surface area contributed by atoms with E-state index >= 15 is 0 Å². The summed E-state index contributed by atoms with van der Waals surface area (Å²) in [6, 6.07) is 5.69. The number of phenolic OH excluding ortho intramolecular Hbond substituents is 1. The van der Waals surface area contributed by atoms with Crippen LogP contribution < -0.4 is 10.1 Å². The van der Waals surface area contributed by atoms with Crippen LogP contribution in [0.5, 0.6) is 11.5 Å². The first-order valence-electron chi connectivity index (χ1n) is 8.23. The number of ether oxygens (including phenoxy) is 1. The maximum Gasteiger partial charge on any atom is 0.573 e. The van der Waals surface area contributed by atoms with E-state index in [0.29, 0.717) is 37.8 Å². The van der Waals surface area contributed by atoms with E-state index in [1.54, 1.807) is 0 Å². The molecule has 4 nitrogen and oxygen atoms in total. The maximum atomic E-state index is 14.5. The largest absolute Gasteiger partial charge is 0.573 e. The molecule has 1 atom stereocenters. The van der Waals surface area contributed by atoms with E-state index in [0.717, 1.165) is 18.2 Å². The highest BCUT2D eigenvalue weighted by Crippen LogP contribution is 2.37. The van der Waals surface area contributed by atoms with Crippen molar-refractivity contribution < 1.29 is 31.8 Å². The Kier molecular flexibility index (Phi) is 5.52. The van der Waals surface area contributed by atoms with Gasteiger partial charge in [-0.2, -0.15) is 0 Å². The summed E-state index contributed by atoms with van der Waals surface area (Å²) < 4.78 is 68.8. The van der Waals surface area contributed by atoms with Crippen LogP contribution >= 0.6 is 0 Å². The lowest BCUT2D eigenvalue weighted by Gasteiger charge is -2.36. The van der Waals surface area contributed by atoms with E-state index in [1.807, 2.05) is 4.90 Å². The first-order valence-corrected chi connectivity index (χ1v) is 8.23. The molecule has 1 heterocycles. The fourth-order valence-corrected chi connectivity index (χ4v) is 3.19. The van der Waals surface area contributed by atoms with Crippen LogP contribution in [0, 0.1) is 11.6 Å². The second kappa shape index (κ2) is 7.69. The summed E-state index contributed by atoms with van der Waals surface area (Å²) >= 11 is 0. The van der Waals surface area contributed by atoms with Crippen molar-refractivity contribution in [3.63, 3.8) is 0 Å². The van der Waals surface area contributed by atoms with Gasteiger partial charge < -0.3 is 15.2 Å². The third kappa shape index (κ3) is 4.67. The number of piperazine rings is 1. The molecule has 0 bridgehead atoms. The van der Waals surface area contributed by atoms with E-state index in [1.165, 1.54) is 12.1 Å². The SMILES string of the molecule is Oc1cc(F)cc(F)c1[C@@H](c1ccc(OC(F)(F)F)cc1)N1CCNCC1. The third-order valence-corrected chi connectivity index (χ3v) is 4.29. The minimum absolute atomic E-state index is 0.122. The van der Waals surface area contributed by atoms with E-state index < -0.39 is 35.5 Å². The molecule has 1 saturated heterocycles. The van der Waals surface area contributed by atoms with Gasteiger partial charge in [0, 0.05) is 38.3 Å². The Morgan fingerprint density at radius 2 is 1.67 bits per heavy atom. The van der Waals surface area contributed by atoms with Crippen molar-refractivity contribution in [1.29, 1.82) is 0 Å². The molecule has 0 saturated carbocycles. The van der Waals surface area contributed by atoms with Gasteiger partial charge in [0.1, 0.15) is 23.1 Å². The number of nitrogens with zero attached hydrogens (tertiary/aromatic N) is 1. The molecule has 1 aliphatic heterocycles. The van der Waals surface area contributed by atoms with Crippen LogP contribution in [0.1, 0.15) is 17.2 Å². The molecule has 2 aromatic rings. The number of benzene rings is 2. The average Bonchev–Trinajstić information content (AvgIpc) is 2.58. The lowest BCUT2D eigenvalue weighted by atomic mass is 9.95. The van der Waals surface area contributed by atoms with Crippen LogP contribution in [0.2, 0.25) is 0 Å². The highest BCUT2D eigenvalue weighted by Gasteiger charge is 2.32. The van der Waals surface area contributed by atoms with E-state index in [-0.39, 0.29) is 5.56 Å². The molecule has 3 rings (SSSR count). The Morgan fingerprint density at radius 1 is 1.04 bits per heavy atom. The molecule has 9 heteroatoms. The molecule has 0 aliphatic carbocycles. The summed E-state index contributed by atoms with van der Waals surface area (Å²) in [6.45, 7) is 2.27. The molecule has 1 aliphatic rings. The molecule has 1 fully saturated rings. The number of alkyl halides is 3. The van der Waals surface area contributed by atoms with Crippen molar-refractivity contribution in [3.8, 4) is 11.5 Å². The maximum absolute atomic E-state index is 14.5. The second-order valence-electron chi connectivity index (χ2n) is 6.13. The molecular weight excluding hydrogens is 371 g/mol. The van der Waals surface area contributed by atoms with Gasteiger partial charge >= 0.3 is 6.36 Å². The Morgan fingerprint density at radius 3 is 2.22 bits per heavy atom. The summed E-state index contributed by atoms with van der Waals surface area (Å²) in [7, 11) is 0. The standard InChI is InChI=1S/C18H17F5N2O2/c19-12-9-14(20)16(15(26)10-12)17(25-7-5-24-6-8-25)11-1-3-13(4-2-11)27-18(21,22)23/h1-4,9-10,17,24,26H,5-8H2/t17-/m1/s1. The fraction of sp³-hybridized carbons (Fsp3) is 0.333. The molecule has 146 valence electrons. The summed E-state index contributed by atoms with van der Waals surface area (Å²) in [5, 5.41) is 13.3. The first-order chi connectivity index (χ1) is 12.7. The number of hydrogen-bond donors (Lipinski definition) is 2. The number of aromatic hydroxyl groups is 1. The minimum Gasteiger partial charge on any atom is -0.507 e. The van der Waals surface area contributed by atoms with Crippen LogP contribution in [0.4, 0.5) is 22.0 Å². The molecule has 27 heavy (non-hydrogen) atoms. The molecule has 0 aromatic heterocycles. The molecule has 2 N–H and O–H groups in total. The molecular formula is C18H17F5N2O2. The van der Waals surface area contributed by atoms with Crippen LogP contribution in [0.25, 0.3) is 0 Å². The Labute approximate surface area is 152 Å². The fourth-order valence-electron chi connectivity index (χ4n) is 3.19. The van der Waals surface area contributed by atoms with Crippen LogP contribution in [0.15, 0.2) is 36.4 Å². The van der Waals surface area contributed by atoms with E-state index in [2.05, 4.69) is 10.1 Å². The molecule has 0 spiro atoms. The quantitative estimate of drug-likeness (QED) is 0.787. The van der Waals surface area contributed by atoms with Crippen molar-refractivity contribution in [3.05, 3.63) is 59.2 Å². The number of rotatable bonds is 4. The van der Waals surface area contributed by atoms with Crippen molar-refractivity contribution in [1.82, 2.24) is 10.2 Å². The van der Waals surface area contributed by atoms with Gasteiger partial charge in [-0.25, -0.2) is 8.78 Å². The number of nitrogens with one attached hydrogen (secondary N) is 1. The van der Waals surface area contributed by atoms with Crippen molar-refractivity contribution in [2.75, 3.05) is 26.2 Å². The van der Waals surface area contributed by atoms with Crippen molar-refractivity contribution in [2.24, 2.45) is 0 Å². The summed E-state index contributed by atoms with van der Waals surface area (Å²) in [5.41, 5.74) is 0.329. The molecule has 0 unspecified atom stereocenters. The summed E-state index contributed by atoms with van der Waals surface area (Å²) in [6.07, 6.45) is -4.82. The van der Waals surface area contributed by atoms with Gasteiger partial charge in [0.2, 0.25) is 0 Å². The third-order valence-electron chi connectivity index (χ3n) is 4.29. The predicted molar refractivity (Wildman–Crippen MR) is 87.4 cm³/mol. The zero-order valence-corrected chi connectivity index (χ0v) is 14.1. The normalized spacial score (nSPS) is 16.9. The van der Waals surface area contributed by atoms with Crippen LogP contribution in [-0.4, -0.2) is 42.5 Å². The van der Waals surface area contributed by atoms with Gasteiger partial charge in [-0.15, -0.1) is 13.2 Å². The van der Waals surface area contributed by atoms with E-state index in [9.17, 15) is 27.1 Å². The number of phenols is 1. The first kappa shape index (κ1) is 19.4. The summed E-state index contributed by atoms with van der Waals surface area (Å²) in [4.78, 5) is 1.87. The zero-order chi connectivity index (χ0) is 19.6. The Hall–Kier alpha value is -2.39. The van der Waals surface area contributed by atoms with Crippen molar-refractivity contribution in [2.45, 2.75) is 12.4 Å². The molecule has 0 amide bonds. The Bertz CT molecular complexity index is 766. The van der Waals surface area contributed by atoms with Gasteiger partial charge in [-0.3, -0.25) is 4.90 Å². The minimum atomic E-state index is -4.82. The average molecular weight is 388 g/mol. The van der Waals surface area contributed by atoms with Gasteiger partial charge in [-0.05, 0) is 17.7 Å². The number of halogens is 5. The van der Waals surface area contributed by atoms with Gasteiger partial charge in [0.25, 0.3) is 0 Å². The van der Waals surface area contributed by atoms with Gasteiger partial charge in [-0.1, -0.05) is 12.1 Å². The van der Waals surface area contributed by atoms with Crippen LogP contribution in [0.3, 0.4) is 0 Å². The molecule has 0 radical (unpaired) electrons. The zero-order valence-electron chi connectivity index (χ0n) is 14.1. The number of hydrogen-bond acceptors (Lipinski definition) is 4. The Balaban J connectivity index is 2.00. The highest BCUT2D eigenvalue weighted by atomic mass is 19.4.